The van der Waals surface area contributed by atoms with Crippen LogP contribution in [-0.2, 0) is 9.59 Å². The Kier molecular flexibility index (Phi) is 3.69. The summed E-state index contributed by atoms with van der Waals surface area (Å²) >= 11 is 0. The normalized spacial score (nSPS) is 21.2. The third-order valence-corrected chi connectivity index (χ3v) is 3.18. The number of hydrogen-bond donors (Lipinski definition) is 2. The molecule has 2 amide bonds. The molecule has 0 radical (unpaired) electrons. The molecule has 0 bridgehead atoms. The second-order valence-corrected chi connectivity index (χ2v) is 4.72. The van der Waals surface area contributed by atoms with E-state index in [4.69, 9.17) is 4.42 Å². The topological polar surface area (TPSA) is 71.3 Å². The van der Waals surface area contributed by atoms with Gasteiger partial charge in [-0.15, -0.1) is 0 Å². The fraction of sp³-hybridized carbons (Fsp3) is 0.538. The van der Waals surface area contributed by atoms with E-state index in [-0.39, 0.29) is 23.8 Å². The molecule has 0 spiro atoms. The minimum atomic E-state index is -0.149. The van der Waals surface area contributed by atoms with Crippen molar-refractivity contribution in [1.82, 2.24) is 10.6 Å². The lowest BCUT2D eigenvalue weighted by Crippen LogP contribution is -2.43. The van der Waals surface area contributed by atoms with Gasteiger partial charge in [0.2, 0.25) is 11.8 Å². The van der Waals surface area contributed by atoms with E-state index in [0.717, 1.165) is 11.5 Å². The number of rotatable bonds is 3. The second-order valence-electron chi connectivity index (χ2n) is 4.72. The van der Waals surface area contributed by atoms with Crippen LogP contribution in [0, 0.1) is 12.8 Å². The fourth-order valence-electron chi connectivity index (χ4n) is 2.05. The van der Waals surface area contributed by atoms with Gasteiger partial charge >= 0.3 is 0 Å². The van der Waals surface area contributed by atoms with Crippen molar-refractivity contribution in [1.29, 1.82) is 0 Å². The highest BCUT2D eigenvalue weighted by atomic mass is 16.3. The number of carbonyl (C=O) groups is 2. The molecule has 2 heterocycles. The minimum absolute atomic E-state index is 0.0220. The molecule has 0 aliphatic carbocycles. The van der Waals surface area contributed by atoms with Crippen LogP contribution in [0.3, 0.4) is 0 Å². The predicted molar refractivity (Wildman–Crippen MR) is 65.7 cm³/mol. The average molecular weight is 250 g/mol. The molecule has 2 unspecified atom stereocenters. The number of aryl methyl sites for hydroxylation is 1. The SMILES string of the molecule is Cc1ccc(C(C)NC(=O)C2CCC(=O)NC2)o1. The van der Waals surface area contributed by atoms with Crippen molar-refractivity contribution >= 4 is 11.8 Å². The zero-order valence-electron chi connectivity index (χ0n) is 10.7. The van der Waals surface area contributed by atoms with Gasteiger partial charge in [0.25, 0.3) is 0 Å². The molecular weight excluding hydrogens is 232 g/mol. The summed E-state index contributed by atoms with van der Waals surface area (Å²) in [6.45, 7) is 4.18. The van der Waals surface area contributed by atoms with E-state index in [1.54, 1.807) is 0 Å². The molecule has 1 aromatic heterocycles. The maximum absolute atomic E-state index is 12.0. The first-order valence-electron chi connectivity index (χ1n) is 6.19. The molecule has 2 rings (SSSR count). The molecule has 1 aromatic rings. The molecule has 2 N–H and O–H groups in total. The van der Waals surface area contributed by atoms with Gasteiger partial charge in [-0.3, -0.25) is 9.59 Å². The number of carbonyl (C=O) groups excluding carboxylic acids is 2. The van der Waals surface area contributed by atoms with Crippen LogP contribution in [0.1, 0.15) is 37.3 Å². The smallest absolute Gasteiger partial charge is 0.225 e. The molecular formula is C13H18N2O3. The van der Waals surface area contributed by atoms with Crippen molar-refractivity contribution in [3.63, 3.8) is 0 Å². The molecule has 1 fully saturated rings. The Bertz CT molecular complexity index is 443. The zero-order valence-corrected chi connectivity index (χ0v) is 10.7. The van der Waals surface area contributed by atoms with E-state index < -0.39 is 0 Å². The lowest BCUT2D eigenvalue weighted by atomic mass is 9.98. The highest BCUT2D eigenvalue weighted by molar-refractivity contribution is 5.83. The largest absolute Gasteiger partial charge is 0.464 e. The standard InChI is InChI=1S/C13H18N2O3/c1-8-3-5-11(18-8)9(2)15-13(17)10-4-6-12(16)14-7-10/h3,5,9-10H,4,6-7H2,1-2H3,(H,14,16)(H,15,17). The highest BCUT2D eigenvalue weighted by Gasteiger charge is 2.25. The van der Waals surface area contributed by atoms with Gasteiger partial charge in [0, 0.05) is 13.0 Å². The van der Waals surface area contributed by atoms with Crippen molar-refractivity contribution in [3.05, 3.63) is 23.7 Å². The Morgan fingerprint density at radius 3 is 2.89 bits per heavy atom. The molecule has 1 aliphatic heterocycles. The second kappa shape index (κ2) is 5.25. The van der Waals surface area contributed by atoms with Crippen LogP contribution < -0.4 is 10.6 Å². The molecule has 5 nitrogen and oxygen atoms in total. The summed E-state index contributed by atoms with van der Waals surface area (Å²) in [5.41, 5.74) is 0. The van der Waals surface area contributed by atoms with Gasteiger partial charge in [0.1, 0.15) is 11.5 Å². The molecule has 18 heavy (non-hydrogen) atoms. The summed E-state index contributed by atoms with van der Waals surface area (Å²) in [6, 6.07) is 3.59. The summed E-state index contributed by atoms with van der Waals surface area (Å²) in [5.74, 6) is 1.43. The zero-order chi connectivity index (χ0) is 13.1. The van der Waals surface area contributed by atoms with Crippen molar-refractivity contribution in [2.75, 3.05) is 6.54 Å². The van der Waals surface area contributed by atoms with Crippen LogP contribution in [0.25, 0.3) is 0 Å². The maximum atomic E-state index is 12.0. The molecule has 0 aromatic carbocycles. The Balaban J connectivity index is 1.89. The Labute approximate surface area is 106 Å². The quantitative estimate of drug-likeness (QED) is 0.849. The van der Waals surface area contributed by atoms with Crippen LogP contribution in [-0.4, -0.2) is 18.4 Å². The van der Waals surface area contributed by atoms with Crippen molar-refractivity contribution in [2.45, 2.75) is 32.7 Å². The Morgan fingerprint density at radius 2 is 2.33 bits per heavy atom. The van der Waals surface area contributed by atoms with Crippen LogP contribution in [0.4, 0.5) is 0 Å². The lowest BCUT2D eigenvalue weighted by molar-refractivity contribution is -0.129. The van der Waals surface area contributed by atoms with Gasteiger partial charge in [-0.25, -0.2) is 0 Å². The number of nitrogens with one attached hydrogen (secondary N) is 2. The molecule has 2 atom stereocenters. The number of piperidine rings is 1. The van der Waals surface area contributed by atoms with Gasteiger partial charge in [0.05, 0.1) is 12.0 Å². The minimum Gasteiger partial charge on any atom is -0.464 e. The third kappa shape index (κ3) is 2.91. The van der Waals surface area contributed by atoms with Crippen LogP contribution in [0.15, 0.2) is 16.5 Å². The van der Waals surface area contributed by atoms with Crippen LogP contribution in [0.2, 0.25) is 0 Å². The van der Waals surface area contributed by atoms with Crippen LogP contribution >= 0.6 is 0 Å². The molecule has 5 heteroatoms. The predicted octanol–water partition coefficient (Wildman–Crippen LogP) is 1.29. The van der Waals surface area contributed by atoms with Gasteiger partial charge in [-0.05, 0) is 32.4 Å². The van der Waals surface area contributed by atoms with Crippen molar-refractivity contribution < 1.29 is 14.0 Å². The maximum Gasteiger partial charge on any atom is 0.225 e. The first kappa shape index (κ1) is 12.7. The van der Waals surface area contributed by atoms with Crippen molar-refractivity contribution in [2.24, 2.45) is 5.92 Å². The first-order valence-corrected chi connectivity index (χ1v) is 6.19. The van der Waals surface area contributed by atoms with E-state index in [9.17, 15) is 9.59 Å². The summed E-state index contributed by atoms with van der Waals surface area (Å²) in [5, 5.41) is 5.62. The summed E-state index contributed by atoms with van der Waals surface area (Å²) in [7, 11) is 0. The van der Waals surface area contributed by atoms with E-state index in [1.165, 1.54) is 0 Å². The number of amides is 2. The number of hydrogen-bond acceptors (Lipinski definition) is 3. The molecule has 0 saturated carbocycles. The van der Waals surface area contributed by atoms with E-state index in [1.807, 2.05) is 26.0 Å². The van der Waals surface area contributed by atoms with E-state index in [0.29, 0.717) is 19.4 Å². The molecule has 1 saturated heterocycles. The highest BCUT2D eigenvalue weighted by Crippen LogP contribution is 2.17. The van der Waals surface area contributed by atoms with Gasteiger partial charge in [0.15, 0.2) is 0 Å². The van der Waals surface area contributed by atoms with Crippen LogP contribution in [0.5, 0.6) is 0 Å². The third-order valence-electron chi connectivity index (χ3n) is 3.18. The Hall–Kier alpha value is -1.78. The van der Waals surface area contributed by atoms with Gasteiger partial charge in [-0.1, -0.05) is 0 Å². The monoisotopic (exact) mass is 250 g/mol. The molecule has 1 aliphatic rings. The average Bonchev–Trinajstić information content (AvgIpc) is 2.76. The summed E-state index contributed by atoms with van der Waals surface area (Å²) in [6.07, 6.45) is 1.04. The summed E-state index contributed by atoms with van der Waals surface area (Å²) in [4.78, 5) is 23.0. The van der Waals surface area contributed by atoms with E-state index in [2.05, 4.69) is 10.6 Å². The first-order chi connectivity index (χ1) is 8.56. The summed E-state index contributed by atoms with van der Waals surface area (Å²) < 4.78 is 5.47. The molecule has 98 valence electrons. The van der Waals surface area contributed by atoms with Crippen molar-refractivity contribution in [3.8, 4) is 0 Å². The Morgan fingerprint density at radius 1 is 1.56 bits per heavy atom. The lowest BCUT2D eigenvalue weighted by Gasteiger charge is -2.23. The van der Waals surface area contributed by atoms with E-state index >= 15 is 0 Å². The van der Waals surface area contributed by atoms with Gasteiger partial charge < -0.3 is 15.1 Å². The van der Waals surface area contributed by atoms with Gasteiger partial charge in [-0.2, -0.15) is 0 Å². The number of furan rings is 1. The fourth-order valence-corrected chi connectivity index (χ4v) is 2.05.